The van der Waals surface area contributed by atoms with E-state index >= 15 is 0 Å². The summed E-state index contributed by atoms with van der Waals surface area (Å²) in [4.78, 5) is 0. The Labute approximate surface area is 131 Å². The third-order valence-corrected chi connectivity index (χ3v) is 4.04. The largest absolute Gasteiger partial charge is 0.377 e. The minimum atomic E-state index is 0.312. The molecular weight excluding hydrogens is 300 g/mol. The minimum Gasteiger partial charge on any atom is -0.377 e. The molecule has 1 aromatic carbocycles. The van der Waals surface area contributed by atoms with Crippen LogP contribution in [0.1, 0.15) is 16.3 Å². The SMILES string of the molecule is COCc1nnc(-n2nnc(CN)c2-c2ccc(C)cc2)s1. The van der Waals surface area contributed by atoms with Crippen molar-refractivity contribution in [3.8, 4) is 16.4 Å². The molecular formula is C14H16N6OS. The van der Waals surface area contributed by atoms with Gasteiger partial charge in [0.15, 0.2) is 0 Å². The number of aromatic nitrogens is 5. The molecule has 0 spiro atoms. The van der Waals surface area contributed by atoms with Crippen LogP contribution in [0.3, 0.4) is 0 Å². The smallest absolute Gasteiger partial charge is 0.234 e. The van der Waals surface area contributed by atoms with E-state index in [1.165, 1.54) is 16.9 Å². The second-order valence-corrected chi connectivity index (χ2v) is 5.82. The molecule has 0 fully saturated rings. The van der Waals surface area contributed by atoms with Crippen LogP contribution < -0.4 is 5.73 Å². The summed E-state index contributed by atoms with van der Waals surface area (Å²) in [5.41, 5.74) is 9.56. The van der Waals surface area contributed by atoms with Crippen molar-refractivity contribution in [2.24, 2.45) is 5.73 Å². The maximum atomic E-state index is 5.79. The van der Waals surface area contributed by atoms with Gasteiger partial charge in [0, 0.05) is 19.2 Å². The van der Waals surface area contributed by atoms with E-state index in [9.17, 15) is 0 Å². The molecule has 0 amide bonds. The van der Waals surface area contributed by atoms with Crippen LogP contribution in [0.25, 0.3) is 16.4 Å². The number of nitrogens with two attached hydrogens (primary N) is 1. The molecule has 3 rings (SSSR count). The van der Waals surface area contributed by atoms with Crippen LogP contribution >= 0.6 is 11.3 Å². The molecule has 0 saturated heterocycles. The zero-order valence-corrected chi connectivity index (χ0v) is 13.2. The number of hydrogen-bond acceptors (Lipinski definition) is 7. The highest BCUT2D eigenvalue weighted by Crippen LogP contribution is 2.26. The van der Waals surface area contributed by atoms with E-state index in [1.807, 2.05) is 31.2 Å². The van der Waals surface area contributed by atoms with Crippen molar-refractivity contribution < 1.29 is 4.74 Å². The van der Waals surface area contributed by atoms with Gasteiger partial charge in [-0.3, -0.25) is 0 Å². The quantitative estimate of drug-likeness (QED) is 0.770. The third-order valence-electron chi connectivity index (χ3n) is 3.16. The first kappa shape index (κ1) is 14.8. The Morgan fingerprint density at radius 3 is 2.64 bits per heavy atom. The van der Waals surface area contributed by atoms with Crippen molar-refractivity contribution in [3.05, 3.63) is 40.5 Å². The topological polar surface area (TPSA) is 91.7 Å². The lowest BCUT2D eigenvalue weighted by Gasteiger charge is -2.05. The number of nitrogens with zero attached hydrogens (tertiary/aromatic N) is 5. The monoisotopic (exact) mass is 316 g/mol. The predicted octanol–water partition coefficient (Wildman–Crippen LogP) is 1.70. The van der Waals surface area contributed by atoms with Crippen molar-refractivity contribution in [2.45, 2.75) is 20.1 Å². The van der Waals surface area contributed by atoms with Gasteiger partial charge in [-0.05, 0) is 6.92 Å². The summed E-state index contributed by atoms with van der Waals surface area (Å²) < 4.78 is 6.76. The fraction of sp³-hybridized carbons (Fsp3) is 0.286. The molecule has 0 aliphatic rings. The third kappa shape index (κ3) is 2.76. The number of methoxy groups -OCH3 is 1. The molecule has 2 heterocycles. The number of hydrogen-bond donors (Lipinski definition) is 1. The van der Waals surface area contributed by atoms with Crippen LogP contribution in [0.5, 0.6) is 0 Å². The van der Waals surface area contributed by atoms with E-state index < -0.39 is 0 Å². The zero-order chi connectivity index (χ0) is 15.5. The van der Waals surface area contributed by atoms with Crippen LogP contribution in [0.4, 0.5) is 0 Å². The van der Waals surface area contributed by atoms with Gasteiger partial charge < -0.3 is 10.5 Å². The average molecular weight is 316 g/mol. The Kier molecular flexibility index (Phi) is 4.23. The van der Waals surface area contributed by atoms with E-state index in [2.05, 4.69) is 20.5 Å². The Balaban J connectivity index is 2.08. The molecule has 0 radical (unpaired) electrons. The molecule has 0 unspecified atom stereocenters. The average Bonchev–Trinajstić information content (AvgIpc) is 3.14. The molecule has 0 saturated carbocycles. The van der Waals surface area contributed by atoms with Crippen LogP contribution in [0.2, 0.25) is 0 Å². The second kappa shape index (κ2) is 6.30. The van der Waals surface area contributed by atoms with Gasteiger partial charge in [0.05, 0.1) is 0 Å². The molecule has 22 heavy (non-hydrogen) atoms. The Morgan fingerprint density at radius 2 is 1.95 bits per heavy atom. The fourth-order valence-corrected chi connectivity index (χ4v) is 2.86. The summed E-state index contributed by atoms with van der Waals surface area (Å²) in [6.07, 6.45) is 0. The van der Waals surface area contributed by atoms with E-state index in [0.29, 0.717) is 18.3 Å². The van der Waals surface area contributed by atoms with Crippen LogP contribution in [0.15, 0.2) is 24.3 Å². The molecule has 0 atom stereocenters. The molecule has 2 aromatic heterocycles. The highest BCUT2D eigenvalue weighted by atomic mass is 32.1. The van der Waals surface area contributed by atoms with Crippen molar-refractivity contribution in [2.75, 3.05) is 7.11 Å². The van der Waals surface area contributed by atoms with Crippen LogP contribution in [0, 0.1) is 6.92 Å². The highest BCUT2D eigenvalue weighted by molar-refractivity contribution is 7.13. The fourth-order valence-electron chi connectivity index (χ4n) is 2.10. The summed E-state index contributed by atoms with van der Waals surface area (Å²) in [7, 11) is 1.63. The van der Waals surface area contributed by atoms with Crippen LogP contribution in [-0.2, 0) is 17.9 Å². The van der Waals surface area contributed by atoms with Crippen molar-refractivity contribution >= 4 is 11.3 Å². The predicted molar refractivity (Wildman–Crippen MR) is 83.6 cm³/mol. The maximum absolute atomic E-state index is 5.79. The Hall–Kier alpha value is -2.16. The summed E-state index contributed by atoms with van der Waals surface area (Å²) >= 11 is 1.42. The molecule has 0 aliphatic heterocycles. The summed E-state index contributed by atoms with van der Waals surface area (Å²) in [6.45, 7) is 2.79. The lowest BCUT2D eigenvalue weighted by molar-refractivity contribution is 0.184. The van der Waals surface area contributed by atoms with Gasteiger partial charge >= 0.3 is 0 Å². The van der Waals surface area contributed by atoms with E-state index in [4.69, 9.17) is 10.5 Å². The molecule has 0 aliphatic carbocycles. The second-order valence-electron chi connectivity index (χ2n) is 4.78. The van der Waals surface area contributed by atoms with Gasteiger partial charge in [-0.25, -0.2) is 0 Å². The van der Waals surface area contributed by atoms with E-state index in [-0.39, 0.29) is 0 Å². The first-order valence-corrected chi connectivity index (χ1v) is 7.58. The zero-order valence-electron chi connectivity index (χ0n) is 12.4. The van der Waals surface area contributed by atoms with E-state index in [1.54, 1.807) is 11.8 Å². The minimum absolute atomic E-state index is 0.312. The molecule has 3 aromatic rings. The first-order valence-electron chi connectivity index (χ1n) is 6.76. The summed E-state index contributed by atoms with van der Waals surface area (Å²) in [6, 6.07) is 8.15. The summed E-state index contributed by atoms with van der Waals surface area (Å²) in [5.74, 6) is 0. The molecule has 0 bridgehead atoms. The molecule has 7 nitrogen and oxygen atoms in total. The Morgan fingerprint density at radius 1 is 1.18 bits per heavy atom. The molecule has 8 heteroatoms. The van der Waals surface area contributed by atoms with Gasteiger partial charge in [-0.2, -0.15) is 4.68 Å². The van der Waals surface area contributed by atoms with Gasteiger partial charge in [0.2, 0.25) is 5.13 Å². The van der Waals surface area contributed by atoms with Gasteiger partial charge in [-0.15, -0.1) is 15.3 Å². The van der Waals surface area contributed by atoms with E-state index in [0.717, 1.165) is 22.0 Å². The first-order chi connectivity index (χ1) is 10.7. The molecule has 2 N–H and O–H groups in total. The number of ether oxygens (including phenoxy) is 1. The van der Waals surface area contributed by atoms with Gasteiger partial charge in [-0.1, -0.05) is 46.4 Å². The Bertz CT molecular complexity index is 764. The maximum Gasteiger partial charge on any atom is 0.234 e. The highest BCUT2D eigenvalue weighted by Gasteiger charge is 2.18. The molecule has 114 valence electrons. The van der Waals surface area contributed by atoms with Crippen LogP contribution in [-0.4, -0.2) is 32.3 Å². The van der Waals surface area contributed by atoms with Crippen molar-refractivity contribution in [3.63, 3.8) is 0 Å². The number of aryl methyl sites for hydroxylation is 1. The summed E-state index contributed by atoms with van der Waals surface area (Å²) in [5, 5.41) is 18.0. The lowest BCUT2D eigenvalue weighted by atomic mass is 10.1. The normalized spacial score (nSPS) is 11.0. The standard InChI is InChI=1S/C14H16N6OS/c1-9-3-5-10(6-4-9)13-11(7-15)16-19-20(13)14-18-17-12(22-14)8-21-2/h3-6H,7-8,15H2,1-2H3. The van der Waals surface area contributed by atoms with Crippen molar-refractivity contribution in [1.82, 2.24) is 25.2 Å². The van der Waals surface area contributed by atoms with Crippen molar-refractivity contribution in [1.29, 1.82) is 0 Å². The van der Waals surface area contributed by atoms with Gasteiger partial charge in [0.25, 0.3) is 0 Å². The number of rotatable bonds is 5. The number of benzene rings is 1. The lowest BCUT2D eigenvalue weighted by Crippen LogP contribution is -2.02. The van der Waals surface area contributed by atoms with Gasteiger partial charge in [0.1, 0.15) is 23.0 Å².